The molecule has 2 atom stereocenters. The Balaban J connectivity index is 2.41. The first kappa shape index (κ1) is 13.1. The summed E-state index contributed by atoms with van der Waals surface area (Å²) in [5.74, 6) is 0. The fraction of sp³-hybridized carbons (Fsp3) is 0.533. The van der Waals surface area contributed by atoms with E-state index in [1.54, 1.807) is 0 Å². The highest BCUT2D eigenvalue weighted by Crippen LogP contribution is 2.33. The molecule has 1 aliphatic heterocycles. The van der Waals surface area contributed by atoms with Gasteiger partial charge < -0.3 is 5.73 Å². The molecule has 0 spiro atoms. The van der Waals surface area contributed by atoms with Crippen molar-refractivity contribution in [3.8, 4) is 6.07 Å². The van der Waals surface area contributed by atoms with Gasteiger partial charge in [-0.15, -0.1) is 0 Å². The first-order valence-electron chi connectivity index (χ1n) is 6.65. The fourth-order valence-corrected chi connectivity index (χ4v) is 2.90. The number of hydrogen-bond acceptors (Lipinski definition) is 3. The lowest BCUT2D eigenvalue weighted by atomic mass is 9.87. The molecule has 3 heteroatoms. The quantitative estimate of drug-likeness (QED) is 0.868. The maximum absolute atomic E-state index is 9.25. The van der Waals surface area contributed by atoms with Gasteiger partial charge in [0.15, 0.2) is 0 Å². The number of nitrogens with two attached hydrogens (primary N) is 1. The summed E-state index contributed by atoms with van der Waals surface area (Å²) < 4.78 is 0. The number of nitriles is 1. The molecule has 1 aliphatic rings. The third kappa shape index (κ3) is 2.40. The van der Waals surface area contributed by atoms with Crippen LogP contribution in [0.3, 0.4) is 0 Å². The second kappa shape index (κ2) is 5.51. The molecule has 1 fully saturated rings. The predicted molar refractivity (Wildman–Crippen MR) is 72.9 cm³/mol. The van der Waals surface area contributed by atoms with Crippen molar-refractivity contribution in [1.29, 1.82) is 5.26 Å². The SMILES string of the molecule is CC(C)N1CCCC(N)C1c1ccccc1C#N. The van der Waals surface area contributed by atoms with Crippen LogP contribution in [0.1, 0.15) is 43.9 Å². The minimum Gasteiger partial charge on any atom is -0.326 e. The van der Waals surface area contributed by atoms with Crippen LogP contribution in [0.15, 0.2) is 24.3 Å². The van der Waals surface area contributed by atoms with E-state index in [1.807, 2.05) is 24.3 Å². The van der Waals surface area contributed by atoms with E-state index in [1.165, 1.54) is 0 Å². The van der Waals surface area contributed by atoms with E-state index in [9.17, 15) is 5.26 Å². The van der Waals surface area contributed by atoms with Gasteiger partial charge in [-0.2, -0.15) is 5.26 Å². The van der Waals surface area contributed by atoms with Crippen molar-refractivity contribution in [2.24, 2.45) is 5.73 Å². The lowest BCUT2D eigenvalue weighted by molar-refractivity contribution is 0.0945. The summed E-state index contributed by atoms with van der Waals surface area (Å²) in [4.78, 5) is 2.42. The molecule has 3 nitrogen and oxygen atoms in total. The van der Waals surface area contributed by atoms with Gasteiger partial charge in [0.1, 0.15) is 0 Å². The van der Waals surface area contributed by atoms with Gasteiger partial charge in [-0.1, -0.05) is 18.2 Å². The number of likely N-dealkylation sites (tertiary alicyclic amines) is 1. The summed E-state index contributed by atoms with van der Waals surface area (Å²) in [7, 11) is 0. The Bertz CT molecular complexity index is 447. The van der Waals surface area contributed by atoms with Gasteiger partial charge >= 0.3 is 0 Å². The number of benzene rings is 1. The van der Waals surface area contributed by atoms with E-state index in [4.69, 9.17) is 5.73 Å². The minimum atomic E-state index is 0.121. The van der Waals surface area contributed by atoms with Gasteiger partial charge in [0.05, 0.1) is 17.7 Å². The van der Waals surface area contributed by atoms with Crippen molar-refractivity contribution in [3.05, 3.63) is 35.4 Å². The molecule has 0 bridgehead atoms. The van der Waals surface area contributed by atoms with E-state index in [0.717, 1.165) is 30.5 Å². The van der Waals surface area contributed by atoms with Gasteiger partial charge in [-0.05, 0) is 44.9 Å². The minimum absolute atomic E-state index is 0.121. The molecule has 0 aromatic heterocycles. The second-order valence-electron chi connectivity index (χ2n) is 5.28. The highest BCUT2D eigenvalue weighted by molar-refractivity contribution is 5.40. The first-order chi connectivity index (χ1) is 8.65. The molecule has 2 N–H and O–H groups in total. The Morgan fingerprint density at radius 3 is 2.78 bits per heavy atom. The lowest BCUT2D eigenvalue weighted by Gasteiger charge is -2.42. The van der Waals surface area contributed by atoms with E-state index < -0.39 is 0 Å². The molecule has 1 aromatic carbocycles. The van der Waals surface area contributed by atoms with E-state index >= 15 is 0 Å². The first-order valence-corrected chi connectivity index (χ1v) is 6.65. The number of nitrogens with zero attached hydrogens (tertiary/aromatic N) is 2. The topological polar surface area (TPSA) is 53.0 Å². The van der Waals surface area contributed by atoms with Crippen LogP contribution < -0.4 is 5.73 Å². The standard InChI is InChI=1S/C15H21N3/c1-11(2)18-9-5-8-14(17)15(18)13-7-4-3-6-12(13)10-16/h3-4,6-7,11,14-15H,5,8-9,17H2,1-2H3. The van der Waals surface area contributed by atoms with Crippen molar-refractivity contribution in [3.63, 3.8) is 0 Å². The van der Waals surface area contributed by atoms with Gasteiger partial charge in [-0.25, -0.2) is 0 Å². The second-order valence-corrected chi connectivity index (χ2v) is 5.28. The maximum atomic E-state index is 9.25. The Hall–Kier alpha value is -1.37. The third-order valence-corrected chi connectivity index (χ3v) is 3.78. The molecule has 1 saturated heterocycles. The highest BCUT2D eigenvalue weighted by Gasteiger charge is 2.32. The Morgan fingerprint density at radius 2 is 2.11 bits per heavy atom. The monoisotopic (exact) mass is 243 g/mol. The van der Waals surface area contributed by atoms with Crippen molar-refractivity contribution < 1.29 is 0 Å². The van der Waals surface area contributed by atoms with Crippen molar-refractivity contribution in [2.45, 2.75) is 44.8 Å². The average Bonchev–Trinajstić information content (AvgIpc) is 2.38. The molecule has 1 aromatic rings. The normalized spacial score (nSPS) is 25.1. The van der Waals surface area contributed by atoms with Gasteiger partial charge in [-0.3, -0.25) is 4.90 Å². The summed E-state index contributed by atoms with van der Waals surface area (Å²) in [6, 6.07) is 10.9. The zero-order valence-electron chi connectivity index (χ0n) is 11.1. The number of hydrogen-bond donors (Lipinski definition) is 1. The molecule has 96 valence electrons. The van der Waals surface area contributed by atoms with E-state index in [2.05, 4.69) is 24.8 Å². The van der Waals surface area contributed by atoms with Gasteiger partial charge in [0, 0.05) is 12.1 Å². The average molecular weight is 243 g/mol. The predicted octanol–water partition coefficient (Wildman–Crippen LogP) is 2.43. The Labute approximate surface area is 109 Å². The molecule has 2 rings (SSSR count). The van der Waals surface area contributed by atoms with Crippen LogP contribution in [0.25, 0.3) is 0 Å². The zero-order chi connectivity index (χ0) is 13.1. The molecule has 1 heterocycles. The molecule has 0 amide bonds. The van der Waals surface area contributed by atoms with E-state index in [0.29, 0.717) is 6.04 Å². The number of piperidine rings is 1. The molecular formula is C15H21N3. The van der Waals surface area contributed by atoms with E-state index in [-0.39, 0.29) is 12.1 Å². The maximum Gasteiger partial charge on any atom is 0.0995 e. The Morgan fingerprint density at radius 1 is 1.39 bits per heavy atom. The number of rotatable bonds is 2. The summed E-state index contributed by atoms with van der Waals surface area (Å²) >= 11 is 0. The van der Waals surface area contributed by atoms with Crippen LogP contribution in [-0.4, -0.2) is 23.5 Å². The van der Waals surface area contributed by atoms with Crippen LogP contribution >= 0.6 is 0 Å². The smallest absolute Gasteiger partial charge is 0.0995 e. The lowest BCUT2D eigenvalue weighted by Crippen LogP contribution is -2.48. The molecule has 0 radical (unpaired) electrons. The van der Waals surface area contributed by atoms with Crippen molar-refractivity contribution in [2.75, 3.05) is 6.54 Å². The van der Waals surface area contributed by atoms with Gasteiger partial charge in [0.25, 0.3) is 0 Å². The molecule has 0 saturated carbocycles. The fourth-order valence-electron chi connectivity index (χ4n) is 2.90. The van der Waals surface area contributed by atoms with Gasteiger partial charge in [0.2, 0.25) is 0 Å². The largest absolute Gasteiger partial charge is 0.326 e. The van der Waals surface area contributed by atoms with Crippen LogP contribution in [-0.2, 0) is 0 Å². The third-order valence-electron chi connectivity index (χ3n) is 3.78. The van der Waals surface area contributed by atoms with Crippen LogP contribution in [0.4, 0.5) is 0 Å². The molecule has 0 aliphatic carbocycles. The van der Waals surface area contributed by atoms with Crippen LogP contribution in [0.2, 0.25) is 0 Å². The molecular weight excluding hydrogens is 222 g/mol. The summed E-state index contributed by atoms with van der Waals surface area (Å²) in [6.45, 7) is 5.45. The zero-order valence-corrected chi connectivity index (χ0v) is 11.1. The molecule has 2 unspecified atom stereocenters. The van der Waals surface area contributed by atoms with Crippen LogP contribution in [0, 0.1) is 11.3 Å². The summed E-state index contributed by atoms with van der Waals surface area (Å²) in [5, 5.41) is 9.25. The Kier molecular flexibility index (Phi) is 4.00. The summed E-state index contributed by atoms with van der Waals surface area (Å²) in [6.07, 6.45) is 2.18. The molecule has 18 heavy (non-hydrogen) atoms. The summed E-state index contributed by atoms with van der Waals surface area (Å²) in [5.41, 5.74) is 8.15. The van der Waals surface area contributed by atoms with Crippen molar-refractivity contribution >= 4 is 0 Å². The van der Waals surface area contributed by atoms with Crippen molar-refractivity contribution in [1.82, 2.24) is 4.90 Å². The van der Waals surface area contributed by atoms with Crippen LogP contribution in [0.5, 0.6) is 0 Å². The highest BCUT2D eigenvalue weighted by atomic mass is 15.2.